The molecule has 2 N–H and O–H groups in total. The highest BCUT2D eigenvalue weighted by Crippen LogP contribution is 2.39. The van der Waals surface area contributed by atoms with E-state index in [1.54, 1.807) is 0 Å². The van der Waals surface area contributed by atoms with Gasteiger partial charge in [-0.1, -0.05) is 19.8 Å². The first-order valence-electron chi connectivity index (χ1n) is 7.49. The summed E-state index contributed by atoms with van der Waals surface area (Å²) < 4.78 is 0. The van der Waals surface area contributed by atoms with Crippen LogP contribution in [-0.4, -0.2) is 23.6 Å². The van der Waals surface area contributed by atoms with Crippen LogP contribution in [0.2, 0.25) is 0 Å². The monoisotopic (exact) mass is 260 g/mol. The predicted molar refractivity (Wildman–Crippen MR) is 78.6 cm³/mol. The number of hydrogen-bond donors (Lipinski definition) is 2. The van der Waals surface area contributed by atoms with Gasteiger partial charge in [-0.15, -0.1) is 0 Å². The van der Waals surface area contributed by atoms with Gasteiger partial charge in [-0.2, -0.15) is 0 Å². The molecule has 1 aromatic heterocycles. The topological polar surface area (TPSA) is 49.8 Å². The predicted octanol–water partition coefficient (Wildman–Crippen LogP) is 3.39. The highest BCUT2D eigenvalue weighted by atomic mass is 15.1. The Hall–Kier alpha value is -1.32. The third kappa shape index (κ3) is 2.99. The van der Waals surface area contributed by atoms with Gasteiger partial charge in [-0.3, -0.25) is 0 Å². The largest absolute Gasteiger partial charge is 0.373 e. The van der Waals surface area contributed by atoms with E-state index in [-0.39, 0.29) is 0 Å². The Morgan fingerprint density at radius 1 is 1.21 bits per heavy atom. The second-order valence-corrected chi connectivity index (χ2v) is 6.39. The SMILES string of the molecule is CNc1cc(NCC2(C)CCCC2)nc(C2CC2)n1. The van der Waals surface area contributed by atoms with Gasteiger partial charge < -0.3 is 10.6 Å². The molecule has 3 rings (SSSR count). The average Bonchev–Trinajstić information content (AvgIpc) is 3.19. The molecule has 4 heteroatoms. The van der Waals surface area contributed by atoms with Gasteiger partial charge in [0, 0.05) is 25.6 Å². The minimum Gasteiger partial charge on any atom is -0.373 e. The van der Waals surface area contributed by atoms with E-state index in [0.29, 0.717) is 11.3 Å². The van der Waals surface area contributed by atoms with E-state index >= 15 is 0 Å². The first-order valence-corrected chi connectivity index (χ1v) is 7.49. The van der Waals surface area contributed by atoms with Gasteiger partial charge in [-0.05, 0) is 31.1 Å². The van der Waals surface area contributed by atoms with Gasteiger partial charge in [0.15, 0.2) is 0 Å². The molecule has 2 aliphatic rings. The Morgan fingerprint density at radius 2 is 1.89 bits per heavy atom. The molecule has 0 radical (unpaired) electrons. The fourth-order valence-corrected chi connectivity index (χ4v) is 2.92. The van der Waals surface area contributed by atoms with E-state index in [2.05, 4.69) is 27.5 Å². The Kier molecular flexibility index (Phi) is 3.33. The van der Waals surface area contributed by atoms with Crippen molar-refractivity contribution >= 4 is 11.6 Å². The van der Waals surface area contributed by atoms with E-state index < -0.39 is 0 Å². The van der Waals surface area contributed by atoms with Crippen LogP contribution in [0.25, 0.3) is 0 Å². The zero-order valence-electron chi connectivity index (χ0n) is 12.0. The summed E-state index contributed by atoms with van der Waals surface area (Å²) in [6.07, 6.45) is 7.89. The molecule has 2 fully saturated rings. The van der Waals surface area contributed by atoms with Gasteiger partial charge in [0.25, 0.3) is 0 Å². The van der Waals surface area contributed by atoms with Crippen LogP contribution in [0.1, 0.15) is 57.2 Å². The molecule has 0 amide bonds. The third-order valence-electron chi connectivity index (χ3n) is 4.45. The average molecular weight is 260 g/mol. The van der Waals surface area contributed by atoms with Crippen molar-refractivity contribution in [2.24, 2.45) is 5.41 Å². The molecule has 0 aliphatic heterocycles. The lowest BCUT2D eigenvalue weighted by Gasteiger charge is -2.24. The molecule has 0 atom stereocenters. The Labute approximate surface area is 115 Å². The van der Waals surface area contributed by atoms with Crippen LogP contribution in [0.4, 0.5) is 11.6 Å². The normalized spacial score (nSPS) is 21.4. The Morgan fingerprint density at radius 3 is 2.53 bits per heavy atom. The van der Waals surface area contributed by atoms with Gasteiger partial charge in [0.1, 0.15) is 17.5 Å². The van der Waals surface area contributed by atoms with Crippen molar-refractivity contribution < 1.29 is 0 Å². The summed E-state index contributed by atoms with van der Waals surface area (Å²) in [5, 5.41) is 6.67. The van der Waals surface area contributed by atoms with Crippen LogP contribution in [0.3, 0.4) is 0 Å². The van der Waals surface area contributed by atoms with E-state index in [0.717, 1.165) is 24.0 Å². The van der Waals surface area contributed by atoms with Crippen molar-refractivity contribution in [2.45, 2.75) is 51.4 Å². The number of aromatic nitrogens is 2. The number of hydrogen-bond acceptors (Lipinski definition) is 4. The minimum absolute atomic E-state index is 0.449. The highest BCUT2D eigenvalue weighted by Gasteiger charge is 2.29. The number of nitrogens with one attached hydrogen (secondary N) is 2. The molecule has 0 saturated heterocycles. The molecule has 1 heterocycles. The Bertz CT molecular complexity index is 447. The van der Waals surface area contributed by atoms with E-state index in [4.69, 9.17) is 0 Å². The first kappa shape index (κ1) is 12.7. The molecule has 1 aromatic rings. The van der Waals surface area contributed by atoms with Crippen molar-refractivity contribution in [3.63, 3.8) is 0 Å². The molecule has 0 spiro atoms. The molecule has 19 heavy (non-hydrogen) atoms. The quantitative estimate of drug-likeness (QED) is 0.852. The maximum absolute atomic E-state index is 4.67. The summed E-state index contributed by atoms with van der Waals surface area (Å²) in [5.74, 6) is 3.51. The van der Waals surface area contributed by atoms with Gasteiger partial charge in [0.05, 0.1) is 0 Å². The molecule has 2 saturated carbocycles. The van der Waals surface area contributed by atoms with Crippen LogP contribution in [0, 0.1) is 5.41 Å². The minimum atomic E-state index is 0.449. The fraction of sp³-hybridized carbons (Fsp3) is 0.733. The molecule has 2 aliphatic carbocycles. The van der Waals surface area contributed by atoms with Crippen molar-refractivity contribution in [1.29, 1.82) is 0 Å². The summed E-state index contributed by atoms with van der Waals surface area (Å²) in [6, 6.07) is 2.02. The fourth-order valence-electron chi connectivity index (χ4n) is 2.92. The maximum atomic E-state index is 4.67. The molecular weight excluding hydrogens is 236 g/mol. The molecule has 104 valence electrons. The van der Waals surface area contributed by atoms with Gasteiger partial charge in [-0.25, -0.2) is 9.97 Å². The third-order valence-corrected chi connectivity index (χ3v) is 4.45. The van der Waals surface area contributed by atoms with Gasteiger partial charge >= 0.3 is 0 Å². The summed E-state index contributed by atoms with van der Waals surface area (Å²) in [4.78, 5) is 9.22. The van der Waals surface area contributed by atoms with Gasteiger partial charge in [0.2, 0.25) is 0 Å². The molecule has 4 nitrogen and oxygen atoms in total. The van der Waals surface area contributed by atoms with Crippen LogP contribution >= 0.6 is 0 Å². The second kappa shape index (κ2) is 4.99. The Balaban J connectivity index is 1.70. The molecule has 0 aromatic carbocycles. The maximum Gasteiger partial charge on any atom is 0.136 e. The summed E-state index contributed by atoms with van der Waals surface area (Å²) in [7, 11) is 1.92. The number of anilines is 2. The molecule has 0 unspecified atom stereocenters. The molecule has 0 bridgehead atoms. The number of nitrogens with zero attached hydrogens (tertiary/aromatic N) is 2. The van der Waals surface area contributed by atoms with Crippen LogP contribution in [0.15, 0.2) is 6.07 Å². The lowest BCUT2D eigenvalue weighted by atomic mass is 9.89. The standard InChI is InChI=1S/C15H24N4/c1-15(7-3-4-8-15)10-17-13-9-12(16-2)18-14(19-13)11-5-6-11/h9,11H,3-8,10H2,1-2H3,(H2,16,17,18,19). The van der Waals surface area contributed by atoms with E-state index in [1.807, 2.05) is 13.1 Å². The summed E-state index contributed by atoms with van der Waals surface area (Å²) in [5.41, 5.74) is 0.449. The van der Waals surface area contributed by atoms with Crippen molar-refractivity contribution in [3.05, 3.63) is 11.9 Å². The van der Waals surface area contributed by atoms with E-state index in [9.17, 15) is 0 Å². The first-order chi connectivity index (χ1) is 9.18. The lowest BCUT2D eigenvalue weighted by molar-refractivity contribution is 0.361. The molecular formula is C15H24N4. The lowest BCUT2D eigenvalue weighted by Crippen LogP contribution is -2.23. The smallest absolute Gasteiger partial charge is 0.136 e. The number of rotatable bonds is 5. The van der Waals surface area contributed by atoms with Crippen molar-refractivity contribution in [2.75, 3.05) is 24.2 Å². The summed E-state index contributed by atoms with van der Waals surface area (Å²) >= 11 is 0. The zero-order chi connectivity index (χ0) is 13.3. The summed E-state index contributed by atoms with van der Waals surface area (Å²) in [6.45, 7) is 3.41. The van der Waals surface area contributed by atoms with Crippen LogP contribution in [0.5, 0.6) is 0 Å². The highest BCUT2D eigenvalue weighted by molar-refractivity contribution is 5.48. The van der Waals surface area contributed by atoms with Crippen LogP contribution in [-0.2, 0) is 0 Å². The second-order valence-electron chi connectivity index (χ2n) is 6.39. The van der Waals surface area contributed by atoms with Crippen molar-refractivity contribution in [1.82, 2.24) is 9.97 Å². The van der Waals surface area contributed by atoms with E-state index in [1.165, 1.54) is 38.5 Å². The zero-order valence-corrected chi connectivity index (χ0v) is 12.0. The van der Waals surface area contributed by atoms with Crippen LogP contribution < -0.4 is 10.6 Å². The van der Waals surface area contributed by atoms with Crippen molar-refractivity contribution in [3.8, 4) is 0 Å².